The van der Waals surface area contributed by atoms with Gasteiger partial charge in [-0.3, -0.25) is 0 Å². The van der Waals surface area contributed by atoms with Crippen LogP contribution in [0.15, 0.2) is 18.5 Å². The summed E-state index contributed by atoms with van der Waals surface area (Å²) in [5.74, 6) is 0.849. The lowest BCUT2D eigenvalue weighted by Gasteiger charge is -2.10. The van der Waals surface area contributed by atoms with Crippen molar-refractivity contribution in [3.05, 3.63) is 29.8 Å². The van der Waals surface area contributed by atoms with Crippen LogP contribution in [0.5, 0.6) is 0 Å². The molecule has 128 valence electrons. The average molecular weight is 339 g/mol. The second-order valence-corrected chi connectivity index (χ2v) is 4.74. The molecule has 1 saturated heterocycles. The van der Waals surface area contributed by atoms with E-state index >= 15 is 0 Å². The molecular weight excluding hydrogens is 322 g/mol. The Kier molecular flexibility index (Phi) is 7.00. The maximum atomic E-state index is 8.82. The van der Waals surface area contributed by atoms with Crippen molar-refractivity contribution < 1.29 is 4.74 Å². The molecule has 0 aliphatic carbocycles. The number of rotatable bonds is 3. The Balaban J connectivity index is 0.000000316. The molecule has 1 aliphatic heterocycles. The minimum Gasteiger partial charge on any atom is -0.386 e. The Labute approximate surface area is 144 Å². The van der Waals surface area contributed by atoms with E-state index in [0.29, 0.717) is 17.3 Å². The van der Waals surface area contributed by atoms with Crippen molar-refractivity contribution in [1.82, 2.24) is 25.5 Å². The number of nitriles is 2. The highest BCUT2D eigenvalue weighted by molar-refractivity contribution is 5.61. The van der Waals surface area contributed by atoms with Crippen LogP contribution in [-0.2, 0) is 4.74 Å². The summed E-state index contributed by atoms with van der Waals surface area (Å²) < 4.78 is 5.01. The Morgan fingerprint density at radius 2 is 1.88 bits per heavy atom. The van der Waals surface area contributed by atoms with E-state index in [1.54, 1.807) is 13.1 Å². The van der Waals surface area contributed by atoms with E-state index in [1.165, 1.54) is 12.4 Å². The number of ether oxygens (including phenoxy) is 1. The molecule has 0 bridgehead atoms. The van der Waals surface area contributed by atoms with Gasteiger partial charge in [-0.25, -0.2) is 9.97 Å². The highest BCUT2D eigenvalue weighted by Gasteiger charge is 2.06. The van der Waals surface area contributed by atoms with Crippen molar-refractivity contribution in [3.63, 3.8) is 0 Å². The molecule has 3 N–H and O–H groups in total. The molecule has 0 aromatic carbocycles. The van der Waals surface area contributed by atoms with Crippen LogP contribution in [0, 0.1) is 22.7 Å². The van der Waals surface area contributed by atoms with Crippen LogP contribution >= 0.6 is 0 Å². The summed E-state index contributed by atoms with van der Waals surface area (Å²) in [6.45, 7) is 3.83. The van der Waals surface area contributed by atoms with Crippen molar-refractivity contribution in [1.29, 1.82) is 10.5 Å². The van der Waals surface area contributed by atoms with Gasteiger partial charge >= 0.3 is 0 Å². The first kappa shape index (κ1) is 18.0. The van der Waals surface area contributed by atoms with E-state index in [4.69, 9.17) is 15.3 Å². The maximum absolute atomic E-state index is 8.82. The summed E-state index contributed by atoms with van der Waals surface area (Å²) in [6.07, 6.45) is 2.76. The number of anilines is 3. The fraction of sp³-hybridized carbons (Fsp3) is 0.333. The number of morpholine rings is 1. The molecule has 1 fully saturated rings. The summed E-state index contributed by atoms with van der Waals surface area (Å²) in [5, 5.41) is 33.9. The Hall–Kier alpha value is -3.34. The zero-order valence-corrected chi connectivity index (χ0v) is 13.7. The SMILES string of the molecule is C1COCCN1.CNc1cc(Nc2cnc(C#N)cn2)nnc1C#N. The van der Waals surface area contributed by atoms with E-state index in [-0.39, 0.29) is 11.4 Å². The van der Waals surface area contributed by atoms with E-state index < -0.39 is 0 Å². The minimum atomic E-state index is 0.207. The first-order valence-electron chi connectivity index (χ1n) is 7.50. The number of hydrogen-bond acceptors (Lipinski definition) is 10. The molecule has 0 unspecified atom stereocenters. The van der Waals surface area contributed by atoms with Crippen LogP contribution in [0.1, 0.15) is 11.4 Å². The van der Waals surface area contributed by atoms with Crippen molar-refractivity contribution in [3.8, 4) is 12.1 Å². The maximum Gasteiger partial charge on any atom is 0.186 e. The van der Waals surface area contributed by atoms with Crippen molar-refractivity contribution in [2.24, 2.45) is 0 Å². The molecule has 2 aromatic heterocycles. The molecule has 0 saturated carbocycles. The number of aromatic nitrogens is 4. The first-order chi connectivity index (χ1) is 12.3. The molecule has 3 heterocycles. The van der Waals surface area contributed by atoms with Gasteiger partial charge in [-0.05, 0) is 0 Å². The Bertz CT molecular complexity index is 749. The second kappa shape index (κ2) is 9.72. The largest absolute Gasteiger partial charge is 0.386 e. The predicted molar refractivity (Wildman–Crippen MR) is 90.0 cm³/mol. The standard InChI is InChI=1S/C11H8N8.C4H9NO/c1-14-8-2-10(19-18-9(8)4-13)17-11-6-15-7(3-12)5-16-11;1-3-6-4-2-5-1/h2,5-6H,1H3,(H2,14,16,17,19);5H,1-4H2. The lowest BCUT2D eigenvalue weighted by atomic mass is 10.3. The second-order valence-electron chi connectivity index (χ2n) is 4.74. The van der Waals surface area contributed by atoms with Crippen molar-refractivity contribution in [2.75, 3.05) is 44.0 Å². The van der Waals surface area contributed by atoms with Gasteiger partial charge in [0.1, 0.15) is 18.0 Å². The summed E-state index contributed by atoms with van der Waals surface area (Å²) in [5.41, 5.74) is 0.993. The van der Waals surface area contributed by atoms with Gasteiger partial charge in [0.15, 0.2) is 17.2 Å². The molecule has 0 amide bonds. The Morgan fingerprint density at radius 1 is 1.08 bits per heavy atom. The summed E-state index contributed by atoms with van der Waals surface area (Å²) >= 11 is 0. The molecular formula is C15H17N9O. The van der Waals surface area contributed by atoms with Gasteiger partial charge in [0, 0.05) is 26.2 Å². The zero-order valence-electron chi connectivity index (χ0n) is 13.7. The van der Waals surface area contributed by atoms with Crippen LogP contribution in [-0.4, -0.2) is 53.5 Å². The van der Waals surface area contributed by atoms with Gasteiger partial charge in [0.05, 0.1) is 31.3 Å². The van der Waals surface area contributed by atoms with Crippen LogP contribution in [0.25, 0.3) is 0 Å². The zero-order chi connectivity index (χ0) is 17.9. The van der Waals surface area contributed by atoms with Gasteiger partial charge in [-0.1, -0.05) is 0 Å². The van der Waals surface area contributed by atoms with E-state index in [9.17, 15) is 0 Å². The molecule has 10 nitrogen and oxygen atoms in total. The molecule has 1 aliphatic rings. The van der Waals surface area contributed by atoms with E-state index in [0.717, 1.165) is 26.3 Å². The van der Waals surface area contributed by atoms with Crippen LogP contribution < -0.4 is 16.0 Å². The van der Waals surface area contributed by atoms with Gasteiger partial charge < -0.3 is 20.7 Å². The first-order valence-corrected chi connectivity index (χ1v) is 7.50. The lowest BCUT2D eigenvalue weighted by Crippen LogP contribution is -2.30. The number of hydrogen-bond donors (Lipinski definition) is 3. The number of nitrogens with zero attached hydrogens (tertiary/aromatic N) is 6. The molecule has 3 rings (SSSR count). The quantitative estimate of drug-likeness (QED) is 0.718. The van der Waals surface area contributed by atoms with E-state index in [1.807, 2.05) is 12.1 Å². The van der Waals surface area contributed by atoms with Crippen molar-refractivity contribution >= 4 is 17.3 Å². The fourth-order valence-corrected chi connectivity index (χ4v) is 1.82. The lowest BCUT2D eigenvalue weighted by molar-refractivity contribution is 0.109. The normalized spacial score (nSPS) is 12.8. The van der Waals surface area contributed by atoms with Gasteiger partial charge in [0.2, 0.25) is 0 Å². The molecule has 10 heteroatoms. The van der Waals surface area contributed by atoms with Crippen molar-refractivity contribution in [2.45, 2.75) is 0 Å². The smallest absolute Gasteiger partial charge is 0.186 e. The highest BCUT2D eigenvalue weighted by Crippen LogP contribution is 2.17. The molecule has 0 radical (unpaired) electrons. The summed E-state index contributed by atoms with van der Waals surface area (Å²) in [6, 6.07) is 5.43. The molecule has 25 heavy (non-hydrogen) atoms. The predicted octanol–water partition coefficient (Wildman–Crippen LogP) is 0.401. The summed E-state index contributed by atoms with van der Waals surface area (Å²) in [4.78, 5) is 7.86. The third kappa shape index (κ3) is 5.66. The minimum absolute atomic E-state index is 0.207. The van der Waals surface area contributed by atoms with Gasteiger partial charge in [-0.2, -0.15) is 10.5 Å². The topological polar surface area (TPSA) is 144 Å². The highest BCUT2D eigenvalue weighted by atomic mass is 16.5. The molecule has 0 spiro atoms. The molecule has 2 aromatic rings. The molecule has 0 atom stereocenters. The van der Waals surface area contributed by atoms with E-state index in [2.05, 4.69) is 36.1 Å². The third-order valence-electron chi connectivity index (χ3n) is 3.04. The van der Waals surface area contributed by atoms with Crippen LogP contribution in [0.3, 0.4) is 0 Å². The van der Waals surface area contributed by atoms with Crippen LogP contribution in [0.4, 0.5) is 17.3 Å². The average Bonchev–Trinajstić information content (AvgIpc) is 2.70. The van der Waals surface area contributed by atoms with Crippen LogP contribution in [0.2, 0.25) is 0 Å². The number of nitrogens with one attached hydrogen (secondary N) is 3. The fourth-order valence-electron chi connectivity index (χ4n) is 1.82. The Morgan fingerprint density at radius 3 is 2.36 bits per heavy atom. The van der Waals surface area contributed by atoms with Gasteiger partial charge in [0.25, 0.3) is 0 Å². The monoisotopic (exact) mass is 339 g/mol. The third-order valence-corrected chi connectivity index (χ3v) is 3.04. The van der Waals surface area contributed by atoms with Gasteiger partial charge in [-0.15, -0.1) is 10.2 Å². The summed E-state index contributed by atoms with van der Waals surface area (Å²) in [7, 11) is 1.68.